The fourth-order valence-corrected chi connectivity index (χ4v) is 1.06. The number of rotatable bonds is 2. The van der Waals surface area contributed by atoms with Gasteiger partial charge in [-0.2, -0.15) is 0 Å². The van der Waals surface area contributed by atoms with E-state index in [1.807, 2.05) is 0 Å². The van der Waals surface area contributed by atoms with Crippen LogP contribution in [0.15, 0.2) is 18.5 Å². The van der Waals surface area contributed by atoms with E-state index in [2.05, 4.69) is 10.3 Å². The molecule has 0 aromatic carbocycles. The van der Waals surface area contributed by atoms with Crippen LogP contribution >= 0.6 is 0 Å². The summed E-state index contributed by atoms with van der Waals surface area (Å²) >= 11 is 0. The van der Waals surface area contributed by atoms with Crippen LogP contribution in [0.1, 0.15) is 12.8 Å². The van der Waals surface area contributed by atoms with Crippen LogP contribution in [0.5, 0.6) is 0 Å². The van der Waals surface area contributed by atoms with Gasteiger partial charge in [-0.25, -0.2) is 4.39 Å². The maximum atomic E-state index is 13.0. The van der Waals surface area contributed by atoms with E-state index in [1.165, 1.54) is 12.3 Å². The van der Waals surface area contributed by atoms with Crippen molar-refractivity contribution >= 4 is 11.6 Å². The molecular weight excluding hydrogens is 171 g/mol. The fourth-order valence-electron chi connectivity index (χ4n) is 1.06. The van der Waals surface area contributed by atoms with Crippen molar-refractivity contribution in [2.45, 2.75) is 12.8 Å². The Bertz CT molecular complexity index is 336. The monoisotopic (exact) mass is 180 g/mol. The minimum absolute atomic E-state index is 0.0903. The van der Waals surface area contributed by atoms with Crippen LogP contribution in [0.2, 0.25) is 0 Å². The lowest BCUT2D eigenvalue weighted by Crippen LogP contribution is -2.14. The molecule has 1 saturated carbocycles. The molecule has 1 N–H and O–H groups in total. The lowest BCUT2D eigenvalue weighted by atomic mass is 10.3. The lowest BCUT2D eigenvalue weighted by Gasteiger charge is -2.03. The topological polar surface area (TPSA) is 42.0 Å². The molecule has 0 atom stereocenters. The van der Waals surface area contributed by atoms with Crippen molar-refractivity contribution in [3.63, 3.8) is 0 Å². The quantitative estimate of drug-likeness (QED) is 0.750. The molecule has 1 aliphatic rings. The number of nitrogens with one attached hydrogen (secondary N) is 1. The molecule has 4 heteroatoms. The third-order valence-electron chi connectivity index (χ3n) is 1.98. The molecule has 0 saturated heterocycles. The third-order valence-corrected chi connectivity index (χ3v) is 1.98. The van der Waals surface area contributed by atoms with Gasteiger partial charge in [0.2, 0.25) is 5.91 Å². The number of anilines is 1. The first-order valence-electron chi connectivity index (χ1n) is 4.18. The number of nitrogens with zero attached hydrogens (tertiary/aromatic N) is 1. The van der Waals surface area contributed by atoms with Gasteiger partial charge in [0, 0.05) is 12.1 Å². The molecule has 3 nitrogen and oxygen atoms in total. The van der Waals surface area contributed by atoms with Gasteiger partial charge in [0.25, 0.3) is 0 Å². The summed E-state index contributed by atoms with van der Waals surface area (Å²) in [6, 6.07) is 1.45. The Morgan fingerprint density at radius 3 is 3.00 bits per heavy atom. The second kappa shape index (κ2) is 3.12. The summed E-state index contributed by atoms with van der Waals surface area (Å²) in [7, 11) is 0. The van der Waals surface area contributed by atoms with Gasteiger partial charge >= 0.3 is 0 Å². The highest BCUT2D eigenvalue weighted by atomic mass is 19.1. The second-order valence-electron chi connectivity index (χ2n) is 3.12. The zero-order chi connectivity index (χ0) is 9.26. The summed E-state index contributed by atoms with van der Waals surface area (Å²) in [4.78, 5) is 14.8. The van der Waals surface area contributed by atoms with E-state index in [-0.39, 0.29) is 17.5 Å². The molecule has 1 aromatic rings. The molecule has 1 aliphatic carbocycles. The van der Waals surface area contributed by atoms with Crippen molar-refractivity contribution < 1.29 is 9.18 Å². The average molecular weight is 180 g/mol. The van der Waals surface area contributed by atoms with E-state index in [9.17, 15) is 9.18 Å². The Balaban J connectivity index is 2.08. The molecule has 0 bridgehead atoms. The summed E-state index contributed by atoms with van der Waals surface area (Å²) < 4.78 is 13.0. The zero-order valence-electron chi connectivity index (χ0n) is 6.96. The van der Waals surface area contributed by atoms with Gasteiger partial charge in [-0.05, 0) is 18.9 Å². The number of hydrogen-bond acceptors (Lipinski definition) is 2. The molecule has 1 amide bonds. The number of carbonyl (C=O) groups excluding carboxylic acids is 1. The van der Waals surface area contributed by atoms with Gasteiger partial charge in [-0.3, -0.25) is 9.78 Å². The van der Waals surface area contributed by atoms with Crippen LogP contribution < -0.4 is 5.32 Å². The van der Waals surface area contributed by atoms with Crippen LogP contribution in [0, 0.1) is 11.7 Å². The standard InChI is InChI=1S/C9H9FN2O/c10-7-5-11-4-3-8(7)12-9(13)6-1-2-6/h3-6H,1-2H2,(H,11,12,13). The van der Waals surface area contributed by atoms with Gasteiger partial charge in [0.1, 0.15) is 0 Å². The Labute approximate surface area is 75.0 Å². The number of aromatic nitrogens is 1. The van der Waals surface area contributed by atoms with Gasteiger partial charge < -0.3 is 5.32 Å². The van der Waals surface area contributed by atoms with E-state index < -0.39 is 5.82 Å². The van der Waals surface area contributed by atoms with Crippen molar-refractivity contribution in [2.75, 3.05) is 5.32 Å². The van der Waals surface area contributed by atoms with Crippen LogP contribution in [0.4, 0.5) is 10.1 Å². The molecule has 2 rings (SSSR count). The van der Waals surface area contributed by atoms with Gasteiger partial charge in [-0.1, -0.05) is 0 Å². The second-order valence-corrected chi connectivity index (χ2v) is 3.12. The first kappa shape index (κ1) is 8.16. The largest absolute Gasteiger partial charge is 0.323 e. The Morgan fingerprint density at radius 2 is 2.38 bits per heavy atom. The minimum atomic E-state index is -0.489. The molecule has 0 unspecified atom stereocenters. The molecule has 68 valence electrons. The van der Waals surface area contributed by atoms with Crippen LogP contribution in [0.3, 0.4) is 0 Å². The summed E-state index contributed by atoms with van der Waals surface area (Å²) in [5.74, 6) is -0.492. The highest BCUT2D eigenvalue weighted by Crippen LogP contribution is 2.30. The van der Waals surface area contributed by atoms with Crippen LogP contribution in [-0.2, 0) is 4.79 Å². The first-order valence-corrected chi connectivity index (χ1v) is 4.18. The van der Waals surface area contributed by atoms with Gasteiger partial charge in [0.05, 0.1) is 11.9 Å². The Hall–Kier alpha value is -1.45. The van der Waals surface area contributed by atoms with Crippen LogP contribution in [-0.4, -0.2) is 10.9 Å². The van der Waals surface area contributed by atoms with E-state index >= 15 is 0 Å². The Kier molecular flexibility index (Phi) is 1.96. The predicted octanol–water partition coefficient (Wildman–Crippen LogP) is 1.57. The highest BCUT2D eigenvalue weighted by molar-refractivity contribution is 5.94. The van der Waals surface area contributed by atoms with E-state index in [4.69, 9.17) is 0 Å². The number of hydrogen-bond donors (Lipinski definition) is 1. The van der Waals surface area contributed by atoms with Gasteiger partial charge in [-0.15, -0.1) is 0 Å². The SMILES string of the molecule is O=C(Nc1ccncc1F)C1CC1. The normalized spacial score (nSPS) is 15.5. The smallest absolute Gasteiger partial charge is 0.227 e. The van der Waals surface area contributed by atoms with Crippen molar-refractivity contribution in [3.8, 4) is 0 Å². The van der Waals surface area contributed by atoms with Crippen molar-refractivity contribution in [3.05, 3.63) is 24.3 Å². The average Bonchev–Trinajstić information content (AvgIpc) is 2.91. The predicted molar refractivity (Wildman–Crippen MR) is 45.5 cm³/mol. The molecule has 1 heterocycles. The highest BCUT2D eigenvalue weighted by Gasteiger charge is 2.29. The van der Waals surface area contributed by atoms with Crippen molar-refractivity contribution in [1.29, 1.82) is 0 Å². The number of halogens is 1. The number of pyridine rings is 1. The third kappa shape index (κ3) is 1.83. The summed E-state index contributed by atoms with van der Waals surface area (Å²) in [6.45, 7) is 0. The first-order chi connectivity index (χ1) is 6.27. The number of carbonyl (C=O) groups is 1. The van der Waals surface area contributed by atoms with E-state index in [0.29, 0.717) is 0 Å². The molecule has 0 radical (unpaired) electrons. The summed E-state index contributed by atoms with van der Waals surface area (Å²) in [6.07, 6.45) is 4.37. The Morgan fingerprint density at radius 1 is 1.62 bits per heavy atom. The maximum absolute atomic E-state index is 13.0. The lowest BCUT2D eigenvalue weighted by molar-refractivity contribution is -0.117. The maximum Gasteiger partial charge on any atom is 0.227 e. The summed E-state index contributed by atoms with van der Waals surface area (Å²) in [5.41, 5.74) is 0.215. The minimum Gasteiger partial charge on any atom is -0.323 e. The molecule has 0 spiro atoms. The van der Waals surface area contributed by atoms with Gasteiger partial charge in [0.15, 0.2) is 5.82 Å². The molecule has 1 aromatic heterocycles. The number of amides is 1. The zero-order valence-corrected chi connectivity index (χ0v) is 6.96. The van der Waals surface area contributed by atoms with Crippen molar-refractivity contribution in [2.24, 2.45) is 5.92 Å². The van der Waals surface area contributed by atoms with Crippen molar-refractivity contribution in [1.82, 2.24) is 4.98 Å². The molecule has 1 fully saturated rings. The fraction of sp³-hybridized carbons (Fsp3) is 0.333. The molecule has 13 heavy (non-hydrogen) atoms. The molecule has 0 aliphatic heterocycles. The van der Waals surface area contributed by atoms with E-state index in [0.717, 1.165) is 19.0 Å². The summed E-state index contributed by atoms with van der Waals surface area (Å²) in [5, 5.41) is 2.52. The van der Waals surface area contributed by atoms with Crippen LogP contribution in [0.25, 0.3) is 0 Å². The molecular formula is C9H9FN2O. The van der Waals surface area contributed by atoms with E-state index in [1.54, 1.807) is 0 Å².